The average Bonchev–Trinajstić information content (AvgIpc) is 2.50. The minimum absolute atomic E-state index is 0.433. The Labute approximate surface area is 73.4 Å². The van der Waals surface area contributed by atoms with Crippen LogP contribution in [0.4, 0.5) is 0 Å². The van der Waals surface area contributed by atoms with Crippen LogP contribution in [0.3, 0.4) is 0 Å². The van der Waals surface area contributed by atoms with Gasteiger partial charge < -0.3 is 10.2 Å². The Morgan fingerprint density at radius 1 is 1.46 bits per heavy atom. The molecule has 13 heavy (non-hydrogen) atoms. The van der Waals surface area contributed by atoms with Crippen molar-refractivity contribution in [3.8, 4) is 0 Å². The Balaban J connectivity index is 2.81. The van der Waals surface area contributed by atoms with E-state index in [1.54, 1.807) is 0 Å². The van der Waals surface area contributed by atoms with Crippen LogP contribution in [0.2, 0.25) is 0 Å². The lowest BCUT2D eigenvalue weighted by Crippen LogP contribution is -2.43. The zero-order chi connectivity index (χ0) is 9.84. The topological polar surface area (TPSA) is 94.3 Å². The Morgan fingerprint density at radius 2 is 2.15 bits per heavy atom. The minimum atomic E-state index is -1.16. The molecule has 3 N–H and O–H groups in total. The van der Waals surface area contributed by atoms with Gasteiger partial charge in [0.25, 0.3) is 0 Å². The van der Waals surface area contributed by atoms with Crippen molar-refractivity contribution in [3.63, 3.8) is 0 Å². The lowest BCUT2D eigenvalue weighted by atomic mass is 10.2. The summed E-state index contributed by atoms with van der Waals surface area (Å²) in [6, 6.07) is -1.05. The number of H-pyrrole nitrogens is 1. The summed E-state index contributed by atoms with van der Waals surface area (Å²) in [5, 5.41) is 17.1. The second-order valence-electron chi connectivity index (χ2n) is 2.51. The van der Waals surface area contributed by atoms with Gasteiger partial charge in [0, 0.05) is 0 Å². The van der Waals surface area contributed by atoms with Crippen molar-refractivity contribution in [2.75, 3.05) is 0 Å². The number of rotatable bonds is 4. The van der Waals surface area contributed by atoms with Gasteiger partial charge in [0.1, 0.15) is 12.4 Å². The largest absolute Gasteiger partial charge is 0.481 e. The summed E-state index contributed by atoms with van der Waals surface area (Å²) < 4.78 is 1.30. The standard InChI is InChI=1S/C7H8N2O4/c10-6(11)3-5(7(12)13)9-2-1-8-4-9/h1-2,4-5H,3H2,(H2,10,11,12,13)/p+1/t5-/m0/s1. The highest BCUT2D eigenvalue weighted by Crippen LogP contribution is 2.02. The fourth-order valence-electron chi connectivity index (χ4n) is 0.981. The highest BCUT2D eigenvalue weighted by atomic mass is 16.4. The molecule has 0 saturated heterocycles. The number of carboxylic acids is 2. The molecule has 1 rings (SSSR count). The number of aliphatic carboxylic acids is 2. The van der Waals surface area contributed by atoms with Crippen LogP contribution in [0.5, 0.6) is 0 Å². The molecule has 0 aromatic carbocycles. The molecule has 0 saturated carbocycles. The van der Waals surface area contributed by atoms with Crippen LogP contribution in [0.25, 0.3) is 0 Å². The van der Waals surface area contributed by atoms with Gasteiger partial charge in [-0.15, -0.1) is 0 Å². The number of nitrogens with zero attached hydrogens (tertiary/aromatic N) is 1. The van der Waals surface area contributed by atoms with Gasteiger partial charge in [0.2, 0.25) is 12.4 Å². The number of aromatic nitrogens is 2. The van der Waals surface area contributed by atoms with Crippen molar-refractivity contribution in [1.82, 2.24) is 4.98 Å². The van der Waals surface area contributed by atoms with Gasteiger partial charge in [-0.2, -0.15) is 0 Å². The van der Waals surface area contributed by atoms with E-state index < -0.39 is 24.4 Å². The quantitative estimate of drug-likeness (QED) is 0.546. The summed E-state index contributed by atoms with van der Waals surface area (Å²) in [6.07, 6.45) is 3.97. The third kappa shape index (κ3) is 2.29. The van der Waals surface area contributed by atoms with Crippen LogP contribution in [-0.2, 0) is 9.59 Å². The van der Waals surface area contributed by atoms with Crippen LogP contribution >= 0.6 is 0 Å². The fraction of sp³-hybridized carbons (Fsp3) is 0.286. The first-order valence-electron chi connectivity index (χ1n) is 3.59. The molecule has 1 heterocycles. The summed E-state index contributed by atoms with van der Waals surface area (Å²) in [7, 11) is 0. The molecule has 70 valence electrons. The number of aromatic amines is 1. The molecule has 0 unspecified atom stereocenters. The lowest BCUT2D eigenvalue weighted by Gasteiger charge is -2.04. The van der Waals surface area contributed by atoms with Crippen molar-refractivity contribution >= 4 is 11.9 Å². The van der Waals surface area contributed by atoms with Gasteiger partial charge in [-0.1, -0.05) is 0 Å². The first kappa shape index (κ1) is 9.24. The molecule has 6 heteroatoms. The molecule has 0 aliphatic rings. The maximum absolute atomic E-state index is 10.6. The molecule has 1 atom stereocenters. The number of hydrogen-bond acceptors (Lipinski definition) is 2. The maximum atomic E-state index is 10.6. The highest BCUT2D eigenvalue weighted by Gasteiger charge is 2.26. The van der Waals surface area contributed by atoms with Gasteiger partial charge in [0.05, 0.1) is 6.42 Å². The van der Waals surface area contributed by atoms with Gasteiger partial charge in [-0.3, -0.25) is 9.78 Å². The molecule has 6 nitrogen and oxygen atoms in total. The van der Waals surface area contributed by atoms with E-state index in [1.807, 2.05) is 0 Å². The molecule has 0 radical (unpaired) electrons. The number of hydrogen-bond donors (Lipinski definition) is 3. The Morgan fingerprint density at radius 3 is 2.54 bits per heavy atom. The third-order valence-electron chi connectivity index (χ3n) is 1.58. The Hall–Kier alpha value is -1.85. The van der Waals surface area contributed by atoms with Crippen molar-refractivity contribution in [1.29, 1.82) is 0 Å². The van der Waals surface area contributed by atoms with Crippen LogP contribution in [0.15, 0.2) is 18.7 Å². The van der Waals surface area contributed by atoms with Crippen molar-refractivity contribution in [2.45, 2.75) is 12.5 Å². The molecule has 0 spiro atoms. The monoisotopic (exact) mass is 185 g/mol. The number of nitrogens with one attached hydrogen (secondary N) is 1. The van der Waals surface area contributed by atoms with E-state index in [-0.39, 0.29) is 0 Å². The third-order valence-corrected chi connectivity index (χ3v) is 1.58. The van der Waals surface area contributed by atoms with Crippen molar-refractivity contribution < 1.29 is 24.4 Å². The van der Waals surface area contributed by atoms with E-state index in [0.717, 1.165) is 0 Å². The van der Waals surface area contributed by atoms with Crippen LogP contribution in [0.1, 0.15) is 12.5 Å². The van der Waals surface area contributed by atoms with Gasteiger partial charge in [-0.25, -0.2) is 9.36 Å². The second-order valence-corrected chi connectivity index (χ2v) is 2.51. The predicted octanol–water partition coefficient (Wildman–Crippen LogP) is -0.597. The zero-order valence-corrected chi connectivity index (χ0v) is 6.67. The SMILES string of the molecule is O=C(O)C[C@@H](C(=O)O)[n+]1cc[nH]c1. The van der Waals surface area contributed by atoms with E-state index in [9.17, 15) is 9.59 Å². The zero-order valence-electron chi connectivity index (χ0n) is 6.67. The van der Waals surface area contributed by atoms with Gasteiger partial charge in [0.15, 0.2) is 0 Å². The molecular weight excluding hydrogens is 176 g/mol. The molecule has 0 fully saturated rings. The summed E-state index contributed by atoms with van der Waals surface area (Å²) >= 11 is 0. The number of carbonyl (C=O) groups is 2. The van der Waals surface area contributed by atoms with Crippen LogP contribution < -0.4 is 4.57 Å². The lowest BCUT2D eigenvalue weighted by molar-refractivity contribution is -0.708. The van der Waals surface area contributed by atoms with E-state index in [2.05, 4.69) is 4.98 Å². The summed E-state index contributed by atoms with van der Waals surface area (Å²) in [5.74, 6) is -2.30. The summed E-state index contributed by atoms with van der Waals surface area (Å²) in [6.45, 7) is 0. The van der Waals surface area contributed by atoms with Crippen LogP contribution in [-0.4, -0.2) is 27.1 Å². The second kappa shape index (κ2) is 3.70. The minimum Gasteiger partial charge on any atom is -0.481 e. The van der Waals surface area contributed by atoms with Gasteiger partial charge in [-0.05, 0) is 0 Å². The average molecular weight is 185 g/mol. The molecule has 0 aliphatic carbocycles. The first-order chi connectivity index (χ1) is 6.11. The first-order valence-corrected chi connectivity index (χ1v) is 3.59. The van der Waals surface area contributed by atoms with Crippen molar-refractivity contribution in [3.05, 3.63) is 18.7 Å². The number of carboxylic acid groups (broad SMARTS) is 2. The van der Waals surface area contributed by atoms with Crippen LogP contribution in [0, 0.1) is 0 Å². The van der Waals surface area contributed by atoms with E-state index in [1.165, 1.54) is 23.3 Å². The number of imidazole rings is 1. The van der Waals surface area contributed by atoms with Gasteiger partial charge >= 0.3 is 11.9 Å². The predicted molar refractivity (Wildman–Crippen MR) is 39.9 cm³/mol. The molecular formula is C7H9N2O4+. The normalized spacial score (nSPS) is 12.3. The molecule has 0 aliphatic heterocycles. The molecule has 1 aromatic rings. The summed E-state index contributed by atoms with van der Waals surface area (Å²) in [4.78, 5) is 23.6. The summed E-state index contributed by atoms with van der Waals surface area (Å²) in [5.41, 5.74) is 0. The maximum Gasteiger partial charge on any atom is 0.349 e. The van der Waals surface area contributed by atoms with E-state index in [4.69, 9.17) is 10.2 Å². The Kier molecular flexibility index (Phi) is 2.63. The molecule has 1 aromatic heterocycles. The van der Waals surface area contributed by atoms with E-state index >= 15 is 0 Å². The van der Waals surface area contributed by atoms with Crippen molar-refractivity contribution in [2.24, 2.45) is 0 Å². The molecule has 0 bridgehead atoms. The molecule has 0 amide bonds. The Bertz CT molecular complexity index is 306. The fourth-order valence-corrected chi connectivity index (χ4v) is 0.981. The van der Waals surface area contributed by atoms with E-state index in [0.29, 0.717) is 0 Å². The smallest absolute Gasteiger partial charge is 0.349 e. The highest BCUT2D eigenvalue weighted by molar-refractivity contribution is 5.77.